The largest absolute Gasteiger partial charge is 0.407 e. The summed E-state index contributed by atoms with van der Waals surface area (Å²) in [6.45, 7) is 6.61. The van der Waals surface area contributed by atoms with Gasteiger partial charge in [-0.2, -0.15) is 0 Å². The van der Waals surface area contributed by atoms with Crippen molar-refractivity contribution in [3.05, 3.63) is 83.9 Å². The van der Waals surface area contributed by atoms with Crippen molar-refractivity contribution in [1.29, 1.82) is 0 Å². The Morgan fingerprint density at radius 1 is 0.828 bits per heavy atom. The number of Topliss-reactive ketones (excluding diaryl/α,β-unsaturated/α-hetero) is 1. The second kappa shape index (κ2) is 12.4. The molecule has 3 heteroatoms. The van der Waals surface area contributed by atoms with Gasteiger partial charge in [0.25, 0.3) is 0 Å². The molecular formula is C26H34O2Si. The number of ketones is 1. The Kier molecular flexibility index (Phi) is 9.82. The van der Waals surface area contributed by atoms with E-state index in [0.717, 1.165) is 29.3 Å². The van der Waals surface area contributed by atoms with Gasteiger partial charge in [-0.05, 0) is 35.7 Å². The third-order valence-corrected chi connectivity index (χ3v) is 10.2. The first-order chi connectivity index (χ1) is 14.1. The summed E-state index contributed by atoms with van der Waals surface area (Å²) in [6.07, 6.45) is 8.81. The quantitative estimate of drug-likeness (QED) is 0.350. The molecule has 2 nitrogen and oxygen atoms in total. The fourth-order valence-electron chi connectivity index (χ4n) is 3.45. The number of benzene rings is 2. The maximum absolute atomic E-state index is 13.0. The SMILES string of the molecule is CC[Si](CC)(CC)OC(C/C=C/c1ccccc1)C(=O)C/C=C/c1ccccc1. The summed E-state index contributed by atoms with van der Waals surface area (Å²) in [5.74, 6) is 0.169. The molecule has 0 N–H and O–H groups in total. The average Bonchev–Trinajstić information content (AvgIpc) is 2.78. The topological polar surface area (TPSA) is 26.3 Å². The number of hydrogen-bond donors (Lipinski definition) is 0. The van der Waals surface area contributed by atoms with Crippen LogP contribution in [-0.4, -0.2) is 20.2 Å². The third-order valence-electron chi connectivity index (χ3n) is 5.57. The Hall–Kier alpha value is -2.23. The van der Waals surface area contributed by atoms with Crippen LogP contribution >= 0.6 is 0 Å². The molecule has 0 aromatic heterocycles. The summed E-state index contributed by atoms with van der Waals surface area (Å²) >= 11 is 0. The number of rotatable bonds is 12. The lowest BCUT2D eigenvalue weighted by Gasteiger charge is -2.32. The van der Waals surface area contributed by atoms with Crippen LogP contribution in [0.2, 0.25) is 18.1 Å². The summed E-state index contributed by atoms with van der Waals surface area (Å²) in [4.78, 5) is 13.0. The van der Waals surface area contributed by atoms with Gasteiger partial charge in [-0.3, -0.25) is 4.79 Å². The van der Waals surface area contributed by atoms with Gasteiger partial charge < -0.3 is 4.43 Å². The molecule has 0 aliphatic heterocycles. The van der Waals surface area contributed by atoms with E-state index in [9.17, 15) is 4.79 Å². The fraction of sp³-hybridized carbons (Fsp3) is 0.346. The maximum atomic E-state index is 13.0. The van der Waals surface area contributed by atoms with Crippen LogP contribution in [0, 0.1) is 0 Å². The molecule has 0 heterocycles. The molecule has 0 aliphatic carbocycles. The fourth-order valence-corrected chi connectivity index (χ4v) is 6.28. The molecule has 0 fully saturated rings. The smallest absolute Gasteiger partial charge is 0.193 e. The maximum Gasteiger partial charge on any atom is 0.193 e. The Balaban J connectivity index is 2.08. The number of carbonyl (C=O) groups is 1. The van der Waals surface area contributed by atoms with Gasteiger partial charge >= 0.3 is 0 Å². The van der Waals surface area contributed by atoms with Crippen LogP contribution in [0.1, 0.15) is 44.7 Å². The van der Waals surface area contributed by atoms with E-state index in [4.69, 9.17) is 4.43 Å². The van der Waals surface area contributed by atoms with E-state index in [2.05, 4.69) is 45.1 Å². The van der Waals surface area contributed by atoms with Crippen molar-refractivity contribution in [1.82, 2.24) is 0 Å². The third kappa shape index (κ3) is 7.60. The Bertz CT molecular complexity index is 769. The summed E-state index contributed by atoms with van der Waals surface area (Å²) in [6, 6.07) is 23.4. The molecule has 154 valence electrons. The van der Waals surface area contributed by atoms with Crippen molar-refractivity contribution in [2.24, 2.45) is 0 Å². The van der Waals surface area contributed by atoms with Gasteiger partial charge in [-0.15, -0.1) is 0 Å². The molecule has 0 spiro atoms. The summed E-state index contributed by atoms with van der Waals surface area (Å²) in [7, 11) is -1.85. The average molecular weight is 407 g/mol. The second-order valence-corrected chi connectivity index (χ2v) is 12.1. The molecule has 2 rings (SSSR count). The van der Waals surface area contributed by atoms with Crippen LogP contribution in [0.15, 0.2) is 72.8 Å². The molecule has 0 aliphatic rings. The molecule has 29 heavy (non-hydrogen) atoms. The zero-order chi connectivity index (χ0) is 21.0. The van der Waals surface area contributed by atoms with Crippen LogP contribution < -0.4 is 0 Å². The monoisotopic (exact) mass is 406 g/mol. The van der Waals surface area contributed by atoms with E-state index in [1.54, 1.807) is 0 Å². The minimum atomic E-state index is -1.85. The highest BCUT2D eigenvalue weighted by Crippen LogP contribution is 2.25. The molecule has 0 amide bonds. The van der Waals surface area contributed by atoms with E-state index in [1.807, 2.05) is 60.7 Å². The van der Waals surface area contributed by atoms with E-state index in [1.165, 1.54) is 0 Å². The van der Waals surface area contributed by atoms with Crippen LogP contribution in [0.5, 0.6) is 0 Å². The van der Waals surface area contributed by atoms with Gasteiger partial charge in [0, 0.05) is 6.42 Å². The molecule has 0 saturated heterocycles. The molecule has 1 unspecified atom stereocenters. The van der Waals surface area contributed by atoms with E-state index in [0.29, 0.717) is 12.8 Å². The Labute approximate surface area is 177 Å². The van der Waals surface area contributed by atoms with Gasteiger partial charge in [0.05, 0.1) is 0 Å². The Morgan fingerprint density at radius 3 is 1.79 bits per heavy atom. The molecule has 0 saturated carbocycles. The summed E-state index contributed by atoms with van der Waals surface area (Å²) in [5, 5.41) is 0. The first-order valence-electron chi connectivity index (χ1n) is 10.8. The van der Waals surface area contributed by atoms with Crippen molar-refractivity contribution < 1.29 is 9.22 Å². The molecule has 0 radical (unpaired) electrons. The zero-order valence-electron chi connectivity index (χ0n) is 18.0. The van der Waals surface area contributed by atoms with Gasteiger partial charge in [0.1, 0.15) is 6.10 Å². The highest BCUT2D eigenvalue weighted by atomic mass is 28.4. The molecule has 0 bridgehead atoms. The highest BCUT2D eigenvalue weighted by Gasteiger charge is 2.33. The minimum absolute atomic E-state index is 0.169. The second-order valence-electron chi connectivity index (χ2n) is 7.38. The molecule has 2 aromatic rings. The van der Waals surface area contributed by atoms with Crippen LogP contribution in [0.25, 0.3) is 12.2 Å². The predicted octanol–water partition coefficient (Wildman–Crippen LogP) is 7.15. The molecular weight excluding hydrogens is 372 g/mol. The Morgan fingerprint density at radius 2 is 1.31 bits per heavy atom. The van der Waals surface area contributed by atoms with Crippen molar-refractivity contribution in [2.45, 2.75) is 57.8 Å². The minimum Gasteiger partial charge on any atom is -0.407 e. The van der Waals surface area contributed by atoms with Gasteiger partial charge in [0.2, 0.25) is 0 Å². The van der Waals surface area contributed by atoms with Gasteiger partial charge in [-0.1, -0.05) is 106 Å². The van der Waals surface area contributed by atoms with Crippen molar-refractivity contribution in [3.8, 4) is 0 Å². The van der Waals surface area contributed by atoms with E-state index in [-0.39, 0.29) is 11.9 Å². The van der Waals surface area contributed by atoms with Crippen molar-refractivity contribution in [3.63, 3.8) is 0 Å². The first-order valence-corrected chi connectivity index (χ1v) is 13.3. The van der Waals surface area contributed by atoms with Crippen LogP contribution in [0.3, 0.4) is 0 Å². The highest BCUT2D eigenvalue weighted by molar-refractivity contribution is 6.73. The summed E-state index contributed by atoms with van der Waals surface area (Å²) < 4.78 is 6.59. The lowest BCUT2D eigenvalue weighted by Crippen LogP contribution is -2.42. The van der Waals surface area contributed by atoms with Gasteiger partial charge in [0.15, 0.2) is 14.1 Å². The van der Waals surface area contributed by atoms with Crippen LogP contribution in [-0.2, 0) is 9.22 Å². The van der Waals surface area contributed by atoms with Crippen molar-refractivity contribution >= 4 is 26.3 Å². The van der Waals surface area contributed by atoms with Gasteiger partial charge in [-0.25, -0.2) is 0 Å². The number of allylic oxidation sites excluding steroid dienone is 1. The lowest BCUT2D eigenvalue weighted by molar-refractivity contribution is -0.125. The van der Waals surface area contributed by atoms with E-state index >= 15 is 0 Å². The van der Waals surface area contributed by atoms with Crippen LogP contribution in [0.4, 0.5) is 0 Å². The number of carbonyl (C=O) groups excluding carboxylic acids is 1. The predicted molar refractivity (Wildman–Crippen MR) is 127 cm³/mol. The summed E-state index contributed by atoms with van der Waals surface area (Å²) in [5.41, 5.74) is 2.26. The zero-order valence-corrected chi connectivity index (χ0v) is 19.0. The van der Waals surface area contributed by atoms with E-state index < -0.39 is 8.32 Å². The number of hydrogen-bond acceptors (Lipinski definition) is 2. The molecule has 2 aromatic carbocycles. The van der Waals surface area contributed by atoms with Crippen molar-refractivity contribution in [2.75, 3.05) is 0 Å². The lowest BCUT2D eigenvalue weighted by atomic mass is 10.1. The first kappa shape index (κ1) is 23.0. The normalized spacial score (nSPS) is 13.2. The standard InChI is InChI=1S/C26H34O2Si/c1-4-29(5-2,6-3)28-26(22-14-20-24-17-11-8-12-18-24)25(27)21-13-19-23-15-9-7-10-16-23/h7-20,26H,4-6,21-22H2,1-3H3/b19-13+,20-14+. The molecule has 1 atom stereocenters.